The minimum atomic E-state index is -0.173. The Morgan fingerprint density at radius 3 is 2.72 bits per heavy atom. The standard InChI is InChI=1S/C13H20N2O2S/c1-13(2,18-4)8-15-12(16)10-7-9(17-3)5-6-11(10)14/h5-7H,8,14H2,1-4H3,(H,15,16). The highest BCUT2D eigenvalue weighted by Gasteiger charge is 2.18. The van der Waals surface area contributed by atoms with E-state index in [0.717, 1.165) is 0 Å². The molecule has 1 amide bonds. The first-order valence-electron chi connectivity index (χ1n) is 5.66. The third kappa shape index (κ3) is 3.84. The average Bonchev–Trinajstić information content (AvgIpc) is 2.36. The number of amides is 1. The van der Waals surface area contributed by atoms with E-state index in [1.807, 2.05) is 6.26 Å². The van der Waals surface area contributed by atoms with Gasteiger partial charge in [-0.1, -0.05) is 0 Å². The molecule has 0 atom stereocenters. The molecule has 1 aromatic rings. The smallest absolute Gasteiger partial charge is 0.253 e. The highest BCUT2D eigenvalue weighted by molar-refractivity contribution is 7.99. The molecule has 0 aliphatic rings. The first kappa shape index (κ1) is 14.7. The number of thioether (sulfide) groups is 1. The van der Waals surface area contributed by atoms with E-state index < -0.39 is 0 Å². The van der Waals surface area contributed by atoms with Gasteiger partial charge in [-0.2, -0.15) is 11.8 Å². The van der Waals surface area contributed by atoms with E-state index in [1.54, 1.807) is 37.1 Å². The van der Waals surface area contributed by atoms with Gasteiger partial charge in [-0.15, -0.1) is 0 Å². The molecule has 0 saturated heterocycles. The SMILES string of the molecule is COc1ccc(N)c(C(=O)NCC(C)(C)SC)c1. The quantitative estimate of drug-likeness (QED) is 0.803. The maximum atomic E-state index is 12.0. The number of anilines is 1. The molecule has 0 aromatic heterocycles. The predicted molar refractivity (Wildman–Crippen MR) is 77.3 cm³/mol. The molecule has 0 bridgehead atoms. The molecular formula is C13H20N2O2S. The Labute approximate surface area is 112 Å². The number of nitrogen functional groups attached to an aromatic ring is 1. The summed E-state index contributed by atoms with van der Waals surface area (Å²) in [4.78, 5) is 12.0. The van der Waals surface area contributed by atoms with Crippen LogP contribution in [0.3, 0.4) is 0 Å². The minimum Gasteiger partial charge on any atom is -0.497 e. The van der Waals surface area contributed by atoms with Crippen LogP contribution in [-0.2, 0) is 0 Å². The second-order valence-corrected chi connectivity index (χ2v) is 6.11. The van der Waals surface area contributed by atoms with Crippen LogP contribution in [0, 0.1) is 0 Å². The summed E-state index contributed by atoms with van der Waals surface area (Å²) in [5, 5.41) is 2.89. The van der Waals surface area contributed by atoms with Gasteiger partial charge in [0.25, 0.3) is 5.91 Å². The third-order valence-corrected chi connectivity index (χ3v) is 3.98. The lowest BCUT2D eigenvalue weighted by Gasteiger charge is -2.22. The number of rotatable bonds is 5. The van der Waals surface area contributed by atoms with Crippen LogP contribution in [0.2, 0.25) is 0 Å². The molecular weight excluding hydrogens is 248 g/mol. The fourth-order valence-corrected chi connectivity index (χ4v) is 1.54. The van der Waals surface area contributed by atoms with Crippen molar-refractivity contribution in [1.29, 1.82) is 0 Å². The van der Waals surface area contributed by atoms with Crippen LogP contribution in [-0.4, -0.2) is 30.6 Å². The van der Waals surface area contributed by atoms with E-state index in [-0.39, 0.29) is 10.7 Å². The van der Waals surface area contributed by atoms with Gasteiger partial charge in [-0.05, 0) is 38.3 Å². The van der Waals surface area contributed by atoms with Crippen LogP contribution in [0.15, 0.2) is 18.2 Å². The first-order valence-corrected chi connectivity index (χ1v) is 6.89. The van der Waals surface area contributed by atoms with Crippen LogP contribution >= 0.6 is 11.8 Å². The van der Waals surface area contributed by atoms with E-state index in [2.05, 4.69) is 19.2 Å². The largest absolute Gasteiger partial charge is 0.497 e. The summed E-state index contributed by atoms with van der Waals surface area (Å²) in [7, 11) is 1.56. The molecule has 18 heavy (non-hydrogen) atoms. The summed E-state index contributed by atoms with van der Waals surface area (Å²) in [6.07, 6.45) is 2.02. The van der Waals surface area contributed by atoms with Gasteiger partial charge in [-0.3, -0.25) is 4.79 Å². The molecule has 0 unspecified atom stereocenters. The van der Waals surface area contributed by atoms with Gasteiger partial charge in [0.15, 0.2) is 0 Å². The second-order valence-electron chi connectivity index (χ2n) is 4.60. The zero-order chi connectivity index (χ0) is 13.8. The Kier molecular flexibility index (Phi) is 4.90. The number of carbonyl (C=O) groups is 1. The molecule has 0 heterocycles. The van der Waals surface area contributed by atoms with Gasteiger partial charge >= 0.3 is 0 Å². The lowest BCUT2D eigenvalue weighted by atomic mass is 10.1. The predicted octanol–water partition coefficient (Wildman–Crippen LogP) is 2.15. The minimum absolute atomic E-state index is 0.00326. The van der Waals surface area contributed by atoms with Crippen molar-refractivity contribution in [2.75, 3.05) is 25.6 Å². The molecule has 0 saturated carbocycles. The monoisotopic (exact) mass is 268 g/mol. The van der Waals surface area contributed by atoms with E-state index in [4.69, 9.17) is 10.5 Å². The van der Waals surface area contributed by atoms with Crippen molar-refractivity contribution in [2.45, 2.75) is 18.6 Å². The second kappa shape index (κ2) is 6.00. The zero-order valence-corrected chi connectivity index (χ0v) is 12.1. The molecule has 0 spiro atoms. The molecule has 1 aromatic carbocycles. The third-order valence-electron chi connectivity index (χ3n) is 2.73. The number of ether oxygens (including phenoxy) is 1. The van der Waals surface area contributed by atoms with Gasteiger partial charge in [0.05, 0.1) is 12.7 Å². The fraction of sp³-hybridized carbons (Fsp3) is 0.462. The Bertz CT molecular complexity index is 433. The molecule has 3 N–H and O–H groups in total. The maximum Gasteiger partial charge on any atom is 0.253 e. The van der Waals surface area contributed by atoms with E-state index >= 15 is 0 Å². The summed E-state index contributed by atoms with van der Waals surface area (Å²) < 4.78 is 5.09. The van der Waals surface area contributed by atoms with Crippen molar-refractivity contribution in [3.63, 3.8) is 0 Å². The topological polar surface area (TPSA) is 64.3 Å². The highest BCUT2D eigenvalue weighted by atomic mass is 32.2. The number of nitrogens with one attached hydrogen (secondary N) is 1. The Hall–Kier alpha value is -1.36. The Balaban J connectivity index is 2.78. The Morgan fingerprint density at radius 1 is 1.50 bits per heavy atom. The van der Waals surface area contributed by atoms with Crippen molar-refractivity contribution in [1.82, 2.24) is 5.32 Å². The maximum absolute atomic E-state index is 12.0. The number of hydrogen-bond acceptors (Lipinski definition) is 4. The zero-order valence-electron chi connectivity index (χ0n) is 11.2. The number of nitrogens with two attached hydrogens (primary N) is 1. The van der Waals surface area contributed by atoms with Crippen molar-refractivity contribution in [3.05, 3.63) is 23.8 Å². The molecule has 0 aliphatic carbocycles. The molecule has 0 fully saturated rings. The normalized spacial score (nSPS) is 11.1. The average molecular weight is 268 g/mol. The number of methoxy groups -OCH3 is 1. The molecule has 4 nitrogen and oxygen atoms in total. The Morgan fingerprint density at radius 2 is 2.17 bits per heavy atom. The molecule has 0 radical (unpaired) electrons. The molecule has 0 aliphatic heterocycles. The first-order chi connectivity index (χ1) is 8.39. The van der Waals surface area contributed by atoms with Crippen molar-refractivity contribution in [3.8, 4) is 5.75 Å². The summed E-state index contributed by atoms with van der Waals surface area (Å²) in [5.41, 5.74) is 6.70. The highest BCUT2D eigenvalue weighted by Crippen LogP contribution is 2.22. The van der Waals surface area contributed by atoms with E-state index in [9.17, 15) is 4.79 Å². The summed E-state index contributed by atoms with van der Waals surface area (Å²) in [6, 6.07) is 5.06. The lowest BCUT2D eigenvalue weighted by molar-refractivity contribution is 0.0951. The number of benzene rings is 1. The molecule has 5 heteroatoms. The van der Waals surface area contributed by atoms with Crippen molar-refractivity contribution in [2.24, 2.45) is 0 Å². The fourth-order valence-electron chi connectivity index (χ4n) is 1.32. The van der Waals surface area contributed by atoms with Gasteiger partial charge < -0.3 is 15.8 Å². The van der Waals surface area contributed by atoms with Crippen LogP contribution in [0.4, 0.5) is 5.69 Å². The summed E-state index contributed by atoms with van der Waals surface area (Å²) in [5.74, 6) is 0.451. The van der Waals surface area contributed by atoms with Crippen LogP contribution < -0.4 is 15.8 Å². The summed E-state index contributed by atoms with van der Waals surface area (Å²) >= 11 is 1.71. The van der Waals surface area contributed by atoms with Gasteiger partial charge in [0.2, 0.25) is 0 Å². The van der Waals surface area contributed by atoms with Crippen LogP contribution in [0.5, 0.6) is 5.75 Å². The van der Waals surface area contributed by atoms with Crippen molar-refractivity contribution < 1.29 is 9.53 Å². The van der Waals surface area contributed by atoms with Gasteiger partial charge in [-0.25, -0.2) is 0 Å². The van der Waals surface area contributed by atoms with Gasteiger partial charge in [0.1, 0.15) is 5.75 Å². The lowest BCUT2D eigenvalue weighted by Crippen LogP contribution is -2.36. The molecule has 100 valence electrons. The van der Waals surface area contributed by atoms with Crippen LogP contribution in [0.25, 0.3) is 0 Å². The van der Waals surface area contributed by atoms with E-state index in [1.165, 1.54) is 0 Å². The van der Waals surface area contributed by atoms with E-state index in [0.29, 0.717) is 23.5 Å². The summed E-state index contributed by atoms with van der Waals surface area (Å²) in [6.45, 7) is 4.74. The number of hydrogen-bond donors (Lipinski definition) is 2. The molecule has 1 rings (SSSR count). The van der Waals surface area contributed by atoms with Crippen molar-refractivity contribution >= 4 is 23.4 Å². The van der Waals surface area contributed by atoms with Crippen LogP contribution in [0.1, 0.15) is 24.2 Å². The number of carbonyl (C=O) groups excluding carboxylic acids is 1. The van der Waals surface area contributed by atoms with Gasteiger partial charge in [0, 0.05) is 17.0 Å².